The Kier molecular flexibility index (Phi) is 5.21. The van der Waals surface area contributed by atoms with Crippen LogP contribution in [0.1, 0.15) is 19.0 Å². The van der Waals surface area contributed by atoms with E-state index in [4.69, 9.17) is 4.74 Å². The Hall–Kier alpha value is -0.390. The lowest BCUT2D eigenvalue weighted by atomic mass is 9.85. The summed E-state index contributed by atoms with van der Waals surface area (Å²) in [5, 5.41) is 7.90. The number of nitrogens with zero attached hydrogens (tertiary/aromatic N) is 2. The van der Waals surface area contributed by atoms with Crippen LogP contribution in [0.3, 0.4) is 0 Å². The standard InChI is InChI=1S/C13H22BrN3O/c1-10-3-4-15-8-11(10)7-13-12(14)9-16-17(13)5-6-18-2/h9-11,15H,3-8H2,1-2H3. The summed E-state index contributed by atoms with van der Waals surface area (Å²) in [5.41, 5.74) is 1.30. The SMILES string of the molecule is COCCn1ncc(Br)c1CC1CNCCC1C. The number of hydrogen-bond donors (Lipinski definition) is 1. The molecule has 2 unspecified atom stereocenters. The van der Waals surface area contributed by atoms with E-state index < -0.39 is 0 Å². The van der Waals surface area contributed by atoms with Gasteiger partial charge >= 0.3 is 0 Å². The molecule has 4 nitrogen and oxygen atoms in total. The molecule has 0 spiro atoms. The molecule has 1 N–H and O–H groups in total. The van der Waals surface area contributed by atoms with Crippen LogP contribution >= 0.6 is 15.9 Å². The number of rotatable bonds is 5. The first-order valence-corrected chi connectivity index (χ1v) is 7.41. The molecule has 5 heteroatoms. The molecular weight excluding hydrogens is 294 g/mol. The molecule has 2 atom stereocenters. The molecule has 2 rings (SSSR count). The molecule has 1 aliphatic rings. The summed E-state index contributed by atoms with van der Waals surface area (Å²) in [6.45, 7) is 6.16. The summed E-state index contributed by atoms with van der Waals surface area (Å²) in [7, 11) is 1.73. The maximum atomic E-state index is 5.13. The normalized spacial score (nSPS) is 24.4. The molecular formula is C13H22BrN3O. The Morgan fingerprint density at radius 1 is 1.61 bits per heavy atom. The lowest BCUT2D eigenvalue weighted by molar-refractivity contribution is 0.181. The Morgan fingerprint density at radius 2 is 2.44 bits per heavy atom. The third-order valence-corrected chi connectivity index (χ3v) is 4.51. The van der Waals surface area contributed by atoms with Gasteiger partial charge in [-0.15, -0.1) is 0 Å². The van der Waals surface area contributed by atoms with Gasteiger partial charge in [-0.25, -0.2) is 0 Å². The van der Waals surface area contributed by atoms with Gasteiger partial charge in [0, 0.05) is 7.11 Å². The quantitative estimate of drug-likeness (QED) is 0.904. The largest absolute Gasteiger partial charge is 0.383 e. The second kappa shape index (κ2) is 6.68. The van der Waals surface area contributed by atoms with E-state index in [-0.39, 0.29) is 0 Å². The number of ether oxygens (including phenoxy) is 1. The minimum atomic E-state index is 0.702. The molecule has 1 aliphatic heterocycles. The van der Waals surface area contributed by atoms with E-state index in [2.05, 4.69) is 38.0 Å². The Morgan fingerprint density at radius 3 is 3.17 bits per heavy atom. The maximum absolute atomic E-state index is 5.13. The van der Waals surface area contributed by atoms with Crippen molar-refractivity contribution in [2.75, 3.05) is 26.8 Å². The van der Waals surface area contributed by atoms with Gasteiger partial charge in [-0.2, -0.15) is 5.10 Å². The van der Waals surface area contributed by atoms with E-state index in [0.29, 0.717) is 12.5 Å². The van der Waals surface area contributed by atoms with Crippen LogP contribution < -0.4 is 5.32 Å². The molecule has 0 bridgehead atoms. The zero-order valence-corrected chi connectivity index (χ0v) is 12.7. The molecule has 1 fully saturated rings. The first-order chi connectivity index (χ1) is 8.72. The summed E-state index contributed by atoms with van der Waals surface area (Å²) in [6.07, 6.45) is 4.25. The first-order valence-electron chi connectivity index (χ1n) is 6.62. The zero-order chi connectivity index (χ0) is 13.0. The number of nitrogens with one attached hydrogen (secondary N) is 1. The topological polar surface area (TPSA) is 39.1 Å². The average molecular weight is 316 g/mol. The highest BCUT2D eigenvalue weighted by atomic mass is 79.9. The Balaban J connectivity index is 2.04. The van der Waals surface area contributed by atoms with E-state index >= 15 is 0 Å². The minimum absolute atomic E-state index is 0.702. The Labute approximate surface area is 117 Å². The van der Waals surface area contributed by atoms with Crippen LogP contribution in [-0.2, 0) is 17.7 Å². The van der Waals surface area contributed by atoms with Gasteiger partial charge in [-0.3, -0.25) is 4.68 Å². The van der Waals surface area contributed by atoms with Crippen LogP contribution in [0.5, 0.6) is 0 Å². The first kappa shape index (κ1) is 14.0. The second-order valence-electron chi connectivity index (χ2n) is 5.09. The van der Waals surface area contributed by atoms with Crippen molar-refractivity contribution in [2.24, 2.45) is 11.8 Å². The van der Waals surface area contributed by atoms with Gasteiger partial charge in [-0.05, 0) is 53.7 Å². The van der Waals surface area contributed by atoms with E-state index in [0.717, 1.165) is 36.4 Å². The molecule has 1 saturated heterocycles. The van der Waals surface area contributed by atoms with Crippen molar-refractivity contribution in [1.82, 2.24) is 15.1 Å². The number of aromatic nitrogens is 2. The summed E-state index contributed by atoms with van der Waals surface area (Å²) < 4.78 is 8.32. The summed E-state index contributed by atoms with van der Waals surface area (Å²) in [4.78, 5) is 0. The summed E-state index contributed by atoms with van der Waals surface area (Å²) in [6, 6.07) is 0. The van der Waals surface area contributed by atoms with Gasteiger partial charge in [0.15, 0.2) is 0 Å². The molecule has 2 heterocycles. The highest BCUT2D eigenvalue weighted by Gasteiger charge is 2.23. The van der Waals surface area contributed by atoms with Crippen LogP contribution in [0, 0.1) is 11.8 Å². The average Bonchev–Trinajstić information content (AvgIpc) is 2.71. The molecule has 18 heavy (non-hydrogen) atoms. The highest BCUT2D eigenvalue weighted by Crippen LogP contribution is 2.26. The number of hydrogen-bond acceptors (Lipinski definition) is 3. The van der Waals surface area contributed by atoms with Crippen LogP contribution in [0.4, 0.5) is 0 Å². The van der Waals surface area contributed by atoms with Crippen LogP contribution in [0.25, 0.3) is 0 Å². The smallest absolute Gasteiger partial charge is 0.0658 e. The van der Waals surface area contributed by atoms with Crippen LogP contribution in [0.15, 0.2) is 10.7 Å². The summed E-state index contributed by atoms with van der Waals surface area (Å²) >= 11 is 3.61. The molecule has 0 aliphatic carbocycles. The second-order valence-corrected chi connectivity index (χ2v) is 5.94. The van der Waals surface area contributed by atoms with E-state index in [1.54, 1.807) is 7.11 Å². The van der Waals surface area contributed by atoms with Crippen molar-refractivity contribution in [3.8, 4) is 0 Å². The van der Waals surface area contributed by atoms with Crippen molar-refractivity contribution in [3.63, 3.8) is 0 Å². The van der Waals surface area contributed by atoms with Crippen molar-refractivity contribution >= 4 is 15.9 Å². The Bertz CT molecular complexity index is 380. The molecule has 1 aromatic rings. The lowest BCUT2D eigenvalue weighted by Gasteiger charge is -2.29. The van der Waals surface area contributed by atoms with Gasteiger partial charge in [-0.1, -0.05) is 6.92 Å². The third kappa shape index (κ3) is 3.33. The molecule has 0 radical (unpaired) electrons. The molecule has 102 valence electrons. The van der Waals surface area contributed by atoms with Gasteiger partial charge in [0.05, 0.1) is 29.5 Å². The number of methoxy groups -OCH3 is 1. The van der Waals surface area contributed by atoms with Gasteiger partial charge < -0.3 is 10.1 Å². The lowest BCUT2D eigenvalue weighted by Crippen LogP contribution is -2.37. The molecule has 0 aromatic carbocycles. The predicted molar refractivity (Wildman–Crippen MR) is 75.6 cm³/mol. The molecule has 0 saturated carbocycles. The number of halogens is 1. The molecule has 1 aromatic heterocycles. The highest BCUT2D eigenvalue weighted by molar-refractivity contribution is 9.10. The van der Waals surface area contributed by atoms with Crippen LogP contribution in [0.2, 0.25) is 0 Å². The maximum Gasteiger partial charge on any atom is 0.0658 e. The van der Waals surface area contributed by atoms with Crippen LogP contribution in [-0.4, -0.2) is 36.6 Å². The fourth-order valence-corrected chi connectivity index (χ4v) is 3.00. The van der Waals surface area contributed by atoms with Crippen molar-refractivity contribution in [1.29, 1.82) is 0 Å². The molecule has 0 amide bonds. The zero-order valence-electron chi connectivity index (χ0n) is 11.2. The monoisotopic (exact) mass is 315 g/mol. The summed E-state index contributed by atoms with van der Waals surface area (Å²) in [5.74, 6) is 1.48. The predicted octanol–water partition coefficient (Wildman–Crippen LogP) is 2.08. The van der Waals surface area contributed by atoms with Crippen molar-refractivity contribution in [3.05, 3.63) is 16.4 Å². The van der Waals surface area contributed by atoms with Gasteiger partial charge in [0.1, 0.15) is 0 Å². The fraction of sp³-hybridized carbons (Fsp3) is 0.769. The van der Waals surface area contributed by atoms with Gasteiger partial charge in [0.25, 0.3) is 0 Å². The van der Waals surface area contributed by atoms with E-state index in [1.165, 1.54) is 12.1 Å². The fourth-order valence-electron chi connectivity index (χ4n) is 2.54. The van der Waals surface area contributed by atoms with Gasteiger partial charge in [0.2, 0.25) is 0 Å². The van der Waals surface area contributed by atoms with E-state index in [1.807, 2.05) is 6.20 Å². The third-order valence-electron chi connectivity index (χ3n) is 3.85. The number of piperidine rings is 1. The van der Waals surface area contributed by atoms with Crippen molar-refractivity contribution < 1.29 is 4.74 Å². The van der Waals surface area contributed by atoms with E-state index in [9.17, 15) is 0 Å². The van der Waals surface area contributed by atoms with Crippen molar-refractivity contribution in [2.45, 2.75) is 26.3 Å². The minimum Gasteiger partial charge on any atom is -0.383 e.